The second kappa shape index (κ2) is 8.19. The van der Waals surface area contributed by atoms with E-state index in [1.165, 1.54) is 4.90 Å². The first-order valence-corrected chi connectivity index (χ1v) is 7.10. The van der Waals surface area contributed by atoms with Crippen LogP contribution in [0.4, 0.5) is 5.69 Å². The molecule has 114 valence electrons. The zero-order chi connectivity index (χ0) is 15.8. The smallest absolute Gasteiger partial charge is 0.336 e. The van der Waals surface area contributed by atoms with Gasteiger partial charge in [0.2, 0.25) is 6.41 Å². The molecule has 1 rings (SSSR count). The lowest BCUT2D eigenvalue weighted by atomic mass is 10.0. The number of carbonyl (C=O) groups excluding carboxylic acids is 3. The molecule has 0 spiro atoms. The predicted octanol–water partition coefficient (Wildman–Crippen LogP) is 1.90. The summed E-state index contributed by atoms with van der Waals surface area (Å²) in [5.74, 6) is -0.715. The molecule has 1 unspecified atom stereocenters. The lowest BCUT2D eigenvalue weighted by molar-refractivity contribution is -0.146. The molecule has 1 atom stereocenters. The molecule has 1 aromatic carbocycles. The number of carbonyl (C=O) groups is 3. The second-order valence-corrected chi connectivity index (χ2v) is 4.48. The maximum Gasteiger partial charge on any atom is 0.336 e. The summed E-state index contributed by atoms with van der Waals surface area (Å²) in [6.45, 7) is 5.73. The molecule has 0 saturated heterocycles. The third kappa shape index (κ3) is 3.68. The average Bonchev–Trinajstić information content (AvgIpc) is 2.51. The molecule has 5 heteroatoms. The van der Waals surface area contributed by atoms with Crippen LogP contribution in [0.3, 0.4) is 0 Å². The van der Waals surface area contributed by atoms with Crippen LogP contribution in [0.25, 0.3) is 0 Å². The van der Waals surface area contributed by atoms with E-state index in [-0.39, 0.29) is 6.61 Å². The Bertz CT molecular complexity index is 491. The summed E-state index contributed by atoms with van der Waals surface area (Å²) in [6.07, 6.45) is 2.35. The van der Waals surface area contributed by atoms with Gasteiger partial charge in [0.25, 0.3) is 0 Å². The van der Waals surface area contributed by atoms with Gasteiger partial charge in [-0.05, 0) is 30.9 Å². The Balaban J connectivity index is 3.34. The van der Waals surface area contributed by atoms with Crippen molar-refractivity contribution in [1.82, 2.24) is 0 Å². The summed E-state index contributed by atoms with van der Waals surface area (Å²) in [5, 5.41) is 0. The highest BCUT2D eigenvalue weighted by Crippen LogP contribution is 2.27. The second-order valence-electron chi connectivity index (χ2n) is 4.48. The van der Waals surface area contributed by atoms with Crippen LogP contribution in [0.15, 0.2) is 18.2 Å². The van der Waals surface area contributed by atoms with Crippen LogP contribution >= 0.6 is 0 Å². The number of hydrogen-bond donors (Lipinski definition) is 0. The molecular formula is C16H21NO4. The molecule has 0 aliphatic carbocycles. The Labute approximate surface area is 124 Å². The summed E-state index contributed by atoms with van der Waals surface area (Å²) in [4.78, 5) is 35.9. The topological polar surface area (TPSA) is 63.7 Å². The van der Waals surface area contributed by atoms with Gasteiger partial charge in [-0.2, -0.15) is 0 Å². The molecule has 0 bridgehead atoms. The van der Waals surface area contributed by atoms with Crippen molar-refractivity contribution in [3.8, 4) is 0 Å². The Morgan fingerprint density at radius 1 is 1.19 bits per heavy atom. The van der Waals surface area contributed by atoms with Gasteiger partial charge in [0.1, 0.15) is 0 Å². The average molecular weight is 291 g/mol. The zero-order valence-corrected chi connectivity index (χ0v) is 12.7. The molecule has 5 nitrogen and oxygen atoms in total. The van der Waals surface area contributed by atoms with Crippen LogP contribution in [0, 0.1) is 0 Å². The fourth-order valence-electron chi connectivity index (χ4n) is 2.27. The summed E-state index contributed by atoms with van der Waals surface area (Å²) in [6, 6.07) is 4.43. The minimum atomic E-state index is -1.25. The van der Waals surface area contributed by atoms with Crippen LogP contribution in [0.5, 0.6) is 0 Å². The van der Waals surface area contributed by atoms with Gasteiger partial charge in [0, 0.05) is 0 Å². The number of benzene rings is 1. The summed E-state index contributed by atoms with van der Waals surface area (Å²) in [5.41, 5.74) is 2.46. The number of rotatable bonds is 8. The molecule has 0 saturated carbocycles. The highest BCUT2D eigenvalue weighted by Gasteiger charge is 2.29. The van der Waals surface area contributed by atoms with Crippen LogP contribution in [0.2, 0.25) is 0 Å². The maximum absolute atomic E-state index is 11.9. The molecule has 0 aromatic heterocycles. The van der Waals surface area contributed by atoms with Gasteiger partial charge in [0.15, 0.2) is 12.3 Å². The fourth-order valence-corrected chi connectivity index (χ4v) is 2.27. The quantitative estimate of drug-likeness (QED) is 0.417. The van der Waals surface area contributed by atoms with Crippen molar-refractivity contribution < 1.29 is 19.1 Å². The number of esters is 1. The van der Waals surface area contributed by atoms with E-state index < -0.39 is 12.0 Å². The van der Waals surface area contributed by atoms with Gasteiger partial charge in [0.05, 0.1) is 12.3 Å². The molecular weight excluding hydrogens is 270 g/mol. The number of para-hydroxylation sites is 1. The highest BCUT2D eigenvalue weighted by molar-refractivity contribution is 6.02. The standard InChI is InChI=1S/C16H21NO4/c1-4-12-8-7-9-13(5-2)15(12)17(11-19)14(10-18)16(20)21-6-3/h7-11,14H,4-6H2,1-3H3. The maximum atomic E-state index is 11.9. The molecule has 0 heterocycles. The summed E-state index contributed by atoms with van der Waals surface area (Å²) >= 11 is 0. The molecule has 0 N–H and O–H groups in total. The Hall–Kier alpha value is -2.17. The first kappa shape index (κ1) is 16.9. The fraction of sp³-hybridized carbons (Fsp3) is 0.438. The summed E-state index contributed by atoms with van der Waals surface area (Å²) in [7, 11) is 0. The summed E-state index contributed by atoms with van der Waals surface area (Å²) < 4.78 is 4.88. The van der Waals surface area contributed by atoms with Gasteiger partial charge in [-0.3, -0.25) is 9.69 Å². The van der Waals surface area contributed by atoms with E-state index >= 15 is 0 Å². The highest BCUT2D eigenvalue weighted by atomic mass is 16.5. The normalized spacial score (nSPS) is 11.6. The van der Waals surface area contributed by atoms with Gasteiger partial charge in [-0.15, -0.1) is 0 Å². The Kier molecular flexibility index (Phi) is 6.59. The van der Waals surface area contributed by atoms with E-state index in [9.17, 15) is 14.4 Å². The lowest BCUT2D eigenvalue weighted by Gasteiger charge is -2.27. The third-order valence-electron chi connectivity index (χ3n) is 3.29. The predicted molar refractivity (Wildman–Crippen MR) is 80.2 cm³/mol. The zero-order valence-electron chi connectivity index (χ0n) is 12.7. The van der Waals surface area contributed by atoms with Gasteiger partial charge in [-0.1, -0.05) is 32.0 Å². The monoisotopic (exact) mass is 291 g/mol. The van der Waals surface area contributed by atoms with E-state index in [1.54, 1.807) is 6.92 Å². The Morgan fingerprint density at radius 2 is 1.76 bits per heavy atom. The van der Waals surface area contributed by atoms with Crippen LogP contribution in [0.1, 0.15) is 31.9 Å². The van der Waals surface area contributed by atoms with Crippen molar-refractivity contribution in [2.24, 2.45) is 0 Å². The molecule has 21 heavy (non-hydrogen) atoms. The van der Waals surface area contributed by atoms with Crippen LogP contribution in [-0.2, 0) is 32.0 Å². The largest absolute Gasteiger partial charge is 0.464 e. The first-order chi connectivity index (χ1) is 10.1. The molecule has 0 aliphatic rings. The van der Waals surface area contributed by atoms with Crippen LogP contribution < -0.4 is 4.90 Å². The van der Waals surface area contributed by atoms with Gasteiger partial charge >= 0.3 is 5.97 Å². The van der Waals surface area contributed by atoms with Crippen molar-refractivity contribution in [2.45, 2.75) is 39.7 Å². The van der Waals surface area contributed by atoms with Crippen molar-refractivity contribution in [3.05, 3.63) is 29.3 Å². The van der Waals surface area contributed by atoms with Crippen molar-refractivity contribution in [2.75, 3.05) is 11.5 Å². The number of anilines is 1. The third-order valence-corrected chi connectivity index (χ3v) is 3.29. The minimum Gasteiger partial charge on any atom is -0.464 e. The van der Waals surface area contributed by atoms with Gasteiger partial charge in [-0.25, -0.2) is 4.79 Å². The molecule has 0 fully saturated rings. The van der Waals surface area contributed by atoms with E-state index in [2.05, 4.69) is 0 Å². The SMILES string of the molecule is CCOC(=O)C(C=O)N(C=O)c1c(CC)cccc1CC. The van der Waals surface area contributed by atoms with Gasteiger partial charge < -0.3 is 9.53 Å². The molecule has 1 aromatic rings. The molecule has 1 amide bonds. The van der Waals surface area contributed by atoms with E-state index in [0.29, 0.717) is 31.2 Å². The van der Waals surface area contributed by atoms with Crippen molar-refractivity contribution >= 4 is 24.4 Å². The number of nitrogens with zero attached hydrogens (tertiary/aromatic N) is 1. The number of ether oxygens (including phenoxy) is 1. The molecule has 0 aliphatic heterocycles. The number of aryl methyl sites for hydroxylation is 2. The Morgan fingerprint density at radius 3 is 2.14 bits per heavy atom. The van der Waals surface area contributed by atoms with Crippen LogP contribution in [-0.4, -0.2) is 31.3 Å². The van der Waals surface area contributed by atoms with E-state index in [4.69, 9.17) is 4.74 Å². The number of aldehydes is 1. The van der Waals surface area contributed by atoms with Crippen molar-refractivity contribution in [1.29, 1.82) is 0 Å². The first-order valence-electron chi connectivity index (χ1n) is 7.10. The molecule has 0 radical (unpaired) electrons. The van der Waals surface area contributed by atoms with E-state index in [1.807, 2.05) is 32.0 Å². The van der Waals surface area contributed by atoms with E-state index in [0.717, 1.165) is 11.1 Å². The number of amides is 1. The van der Waals surface area contributed by atoms with Crippen molar-refractivity contribution in [3.63, 3.8) is 0 Å². The number of hydrogen-bond acceptors (Lipinski definition) is 4. The lowest BCUT2D eigenvalue weighted by Crippen LogP contribution is -2.43. The minimum absolute atomic E-state index is 0.159.